The van der Waals surface area contributed by atoms with Crippen LogP contribution in [-0.4, -0.2) is 73.4 Å². The van der Waals surface area contributed by atoms with Crippen LogP contribution in [-0.2, 0) is 14.6 Å². The summed E-state index contributed by atoms with van der Waals surface area (Å²) in [6, 6.07) is 4.66. The van der Waals surface area contributed by atoms with Crippen LogP contribution in [0, 0.1) is 19.8 Å². The molecule has 3 saturated heterocycles. The predicted molar refractivity (Wildman–Crippen MR) is 112 cm³/mol. The van der Waals surface area contributed by atoms with Crippen LogP contribution in [0.15, 0.2) is 18.2 Å². The number of sulfone groups is 1. The predicted octanol–water partition coefficient (Wildman–Crippen LogP) is 1.97. The number of benzene rings is 1. The van der Waals surface area contributed by atoms with Crippen LogP contribution in [0.3, 0.4) is 0 Å². The minimum absolute atomic E-state index is 0.0504. The molecule has 8 heteroatoms. The second-order valence-corrected chi connectivity index (χ2v) is 11.1. The number of nitrogens with zero attached hydrogens (tertiary/aromatic N) is 3. The van der Waals surface area contributed by atoms with E-state index >= 15 is 0 Å². The quantitative estimate of drug-likeness (QED) is 0.702. The van der Waals surface area contributed by atoms with Crippen molar-refractivity contribution < 1.29 is 18.0 Å². The fourth-order valence-corrected chi connectivity index (χ4v) is 6.81. The zero-order valence-electron chi connectivity index (χ0n) is 17.3. The van der Waals surface area contributed by atoms with E-state index < -0.39 is 21.9 Å². The summed E-state index contributed by atoms with van der Waals surface area (Å²) in [6.45, 7) is 7.45. The number of fused-ring (bicyclic) bond motifs is 1. The van der Waals surface area contributed by atoms with Crippen LogP contribution >= 0.6 is 0 Å². The highest BCUT2D eigenvalue weighted by atomic mass is 32.2. The molecule has 0 saturated carbocycles. The van der Waals surface area contributed by atoms with Gasteiger partial charge in [-0.05, 0) is 55.9 Å². The Hall–Kier alpha value is -2.09. The molecule has 0 N–H and O–H groups in total. The summed E-state index contributed by atoms with van der Waals surface area (Å²) in [4.78, 5) is 31.1. The fraction of sp³-hybridized carbons (Fsp3) is 0.619. The molecule has 3 amide bonds. The average Bonchev–Trinajstić information content (AvgIpc) is 3.05. The maximum absolute atomic E-state index is 13.3. The Labute approximate surface area is 172 Å². The highest BCUT2D eigenvalue weighted by molar-refractivity contribution is 7.91. The molecule has 7 nitrogen and oxygen atoms in total. The first-order chi connectivity index (χ1) is 13.6. The molecule has 0 unspecified atom stereocenters. The number of anilines is 1. The average molecular weight is 420 g/mol. The lowest BCUT2D eigenvalue weighted by Crippen LogP contribution is -2.47. The Morgan fingerprint density at radius 3 is 2.24 bits per heavy atom. The maximum atomic E-state index is 13.3. The number of urea groups is 1. The number of carbonyl (C=O) groups excluding carboxylic acids is 2. The molecular formula is C21H29N3O4S. The third-order valence-electron chi connectivity index (χ3n) is 6.40. The summed E-state index contributed by atoms with van der Waals surface area (Å²) in [6.07, 6.45) is 1.93. The van der Waals surface area contributed by atoms with Gasteiger partial charge < -0.3 is 9.80 Å². The minimum atomic E-state index is -3.25. The molecule has 3 aliphatic heterocycles. The van der Waals surface area contributed by atoms with Gasteiger partial charge in [-0.15, -0.1) is 0 Å². The summed E-state index contributed by atoms with van der Waals surface area (Å²) in [7, 11) is -3.25. The van der Waals surface area contributed by atoms with Crippen molar-refractivity contribution in [3.05, 3.63) is 29.3 Å². The van der Waals surface area contributed by atoms with E-state index in [1.54, 1.807) is 4.90 Å². The number of carbonyl (C=O) groups is 2. The topological polar surface area (TPSA) is 78.0 Å². The lowest BCUT2D eigenvalue weighted by atomic mass is 9.99. The first-order valence-electron chi connectivity index (χ1n) is 10.3. The van der Waals surface area contributed by atoms with E-state index in [4.69, 9.17) is 0 Å². The number of aryl methyl sites for hydroxylation is 2. The van der Waals surface area contributed by atoms with Crippen LogP contribution in [0.25, 0.3) is 0 Å². The molecule has 2 atom stereocenters. The molecule has 0 spiro atoms. The first-order valence-corrected chi connectivity index (χ1v) is 12.1. The van der Waals surface area contributed by atoms with E-state index in [0.717, 1.165) is 24.0 Å². The van der Waals surface area contributed by atoms with E-state index in [2.05, 4.69) is 6.92 Å². The molecule has 3 aliphatic rings. The Kier molecular flexibility index (Phi) is 5.09. The van der Waals surface area contributed by atoms with Crippen molar-refractivity contribution in [1.82, 2.24) is 9.80 Å². The van der Waals surface area contributed by atoms with Gasteiger partial charge in [0, 0.05) is 18.8 Å². The number of hydrogen-bond donors (Lipinski definition) is 0. The lowest BCUT2D eigenvalue weighted by molar-refractivity contribution is -0.133. The number of amides is 3. The normalized spacial score (nSPS) is 26.9. The standard InChI is InChI=1S/C21H29N3O4S/c1-14-4-6-22(7-5-14)20(25)11-23-18-12-29(27,28)13-19(18)24(21(23)26)17-9-15(2)8-16(3)10-17/h8-10,14,18-19H,4-7,11-13H2,1-3H3/t18-,19+/m0/s1. The number of rotatable bonds is 3. The van der Waals surface area contributed by atoms with Gasteiger partial charge in [-0.3, -0.25) is 9.69 Å². The molecule has 4 rings (SSSR count). The highest BCUT2D eigenvalue weighted by Gasteiger charge is 2.54. The zero-order valence-corrected chi connectivity index (χ0v) is 18.1. The molecule has 1 aromatic rings. The van der Waals surface area contributed by atoms with E-state index in [0.29, 0.717) is 24.7 Å². The molecule has 0 radical (unpaired) electrons. The Morgan fingerprint density at radius 1 is 1.03 bits per heavy atom. The van der Waals surface area contributed by atoms with Crippen molar-refractivity contribution in [2.75, 3.05) is 36.0 Å². The molecular weight excluding hydrogens is 390 g/mol. The third kappa shape index (κ3) is 3.86. The summed E-state index contributed by atoms with van der Waals surface area (Å²) < 4.78 is 24.7. The van der Waals surface area contributed by atoms with Crippen LogP contribution < -0.4 is 4.90 Å². The zero-order chi connectivity index (χ0) is 20.9. The number of piperidine rings is 1. The van der Waals surface area contributed by atoms with E-state index in [1.165, 1.54) is 4.90 Å². The van der Waals surface area contributed by atoms with Gasteiger partial charge in [0.05, 0.1) is 23.6 Å². The van der Waals surface area contributed by atoms with Crippen LogP contribution in [0.2, 0.25) is 0 Å². The summed E-state index contributed by atoms with van der Waals surface area (Å²) >= 11 is 0. The van der Waals surface area contributed by atoms with E-state index in [-0.39, 0.29) is 30.0 Å². The van der Waals surface area contributed by atoms with Gasteiger partial charge in [-0.2, -0.15) is 0 Å². The van der Waals surface area contributed by atoms with Crippen LogP contribution in [0.4, 0.5) is 10.5 Å². The fourth-order valence-electron chi connectivity index (χ4n) is 4.86. The highest BCUT2D eigenvalue weighted by Crippen LogP contribution is 2.35. The van der Waals surface area contributed by atoms with Gasteiger partial charge in [0.25, 0.3) is 0 Å². The Morgan fingerprint density at radius 2 is 1.62 bits per heavy atom. The van der Waals surface area contributed by atoms with Gasteiger partial charge in [0.1, 0.15) is 6.54 Å². The lowest BCUT2D eigenvalue weighted by Gasteiger charge is -2.32. The summed E-state index contributed by atoms with van der Waals surface area (Å²) in [5.41, 5.74) is 2.74. The maximum Gasteiger partial charge on any atom is 0.325 e. The molecule has 1 aromatic carbocycles. The van der Waals surface area contributed by atoms with Crippen molar-refractivity contribution in [2.24, 2.45) is 5.92 Å². The van der Waals surface area contributed by atoms with Gasteiger partial charge >= 0.3 is 6.03 Å². The number of likely N-dealkylation sites (tertiary alicyclic amines) is 1. The minimum Gasteiger partial charge on any atom is -0.341 e. The van der Waals surface area contributed by atoms with Gasteiger partial charge in [0.2, 0.25) is 5.91 Å². The summed E-state index contributed by atoms with van der Waals surface area (Å²) in [5.74, 6) is 0.393. The summed E-state index contributed by atoms with van der Waals surface area (Å²) in [5, 5.41) is 0. The first kappa shape index (κ1) is 20.2. The van der Waals surface area contributed by atoms with Crippen LogP contribution in [0.1, 0.15) is 30.9 Å². The smallest absolute Gasteiger partial charge is 0.325 e. The molecule has 0 bridgehead atoms. The second-order valence-electron chi connectivity index (χ2n) is 8.90. The van der Waals surface area contributed by atoms with Gasteiger partial charge in [0.15, 0.2) is 9.84 Å². The largest absolute Gasteiger partial charge is 0.341 e. The van der Waals surface area contributed by atoms with E-state index in [9.17, 15) is 18.0 Å². The second kappa shape index (κ2) is 7.31. The van der Waals surface area contributed by atoms with E-state index in [1.807, 2.05) is 36.9 Å². The molecule has 0 aromatic heterocycles. The van der Waals surface area contributed by atoms with Crippen molar-refractivity contribution in [3.63, 3.8) is 0 Å². The molecule has 3 heterocycles. The van der Waals surface area contributed by atoms with Gasteiger partial charge in [-0.1, -0.05) is 13.0 Å². The molecule has 0 aliphatic carbocycles. The number of hydrogen-bond acceptors (Lipinski definition) is 4. The van der Waals surface area contributed by atoms with Crippen molar-refractivity contribution in [3.8, 4) is 0 Å². The molecule has 158 valence electrons. The van der Waals surface area contributed by atoms with Crippen molar-refractivity contribution in [2.45, 2.75) is 45.7 Å². The molecule has 3 fully saturated rings. The third-order valence-corrected chi connectivity index (χ3v) is 8.10. The van der Waals surface area contributed by atoms with Gasteiger partial charge in [-0.25, -0.2) is 13.2 Å². The van der Waals surface area contributed by atoms with Crippen molar-refractivity contribution >= 4 is 27.5 Å². The SMILES string of the molecule is Cc1cc(C)cc(N2C(=O)N(CC(=O)N3CCC(C)CC3)[C@H]3CS(=O)(=O)C[C@H]32)c1. The Balaban J connectivity index is 1.61. The van der Waals surface area contributed by atoms with Crippen molar-refractivity contribution in [1.29, 1.82) is 0 Å². The van der Waals surface area contributed by atoms with Crippen LogP contribution in [0.5, 0.6) is 0 Å². The Bertz CT molecular complexity index is 917. The monoisotopic (exact) mass is 419 g/mol. The molecule has 29 heavy (non-hydrogen) atoms.